The largest absolute Gasteiger partial charge is 0.464 e. The summed E-state index contributed by atoms with van der Waals surface area (Å²) >= 11 is 0. The number of benzene rings is 1. The number of furan rings is 1. The van der Waals surface area contributed by atoms with Crippen LogP contribution in [0.5, 0.6) is 0 Å². The summed E-state index contributed by atoms with van der Waals surface area (Å²) < 4.78 is 5.37. The van der Waals surface area contributed by atoms with Crippen molar-refractivity contribution in [2.75, 3.05) is 6.54 Å². The van der Waals surface area contributed by atoms with E-state index in [1.54, 1.807) is 6.26 Å². The molecule has 0 aliphatic carbocycles. The third kappa shape index (κ3) is 2.60. The topological polar surface area (TPSA) is 25.2 Å². The van der Waals surface area contributed by atoms with Gasteiger partial charge in [-0.2, -0.15) is 0 Å². The molecule has 0 saturated heterocycles. The molecular weight excluding hydrogens is 186 g/mol. The van der Waals surface area contributed by atoms with Crippen molar-refractivity contribution in [3.8, 4) is 0 Å². The van der Waals surface area contributed by atoms with Crippen LogP contribution in [0.15, 0.2) is 34.9 Å². The minimum atomic E-state index is 0.553. The Morgan fingerprint density at radius 2 is 2.13 bits per heavy atom. The van der Waals surface area contributed by atoms with Gasteiger partial charge in [0.2, 0.25) is 0 Å². The predicted octanol–water partition coefficient (Wildman–Crippen LogP) is 2.97. The van der Waals surface area contributed by atoms with Gasteiger partial charge in [-0.25, -0.2) is 0 Å². The molecule has 1 heterocycles. The van der Waals surface area contributed by atoms with Gasteiger partial charge in [0.05, 0.1) is 6.26 Å². The number of rotatable bonds is 4. The minimum absolute atomic E-state index is 0.553. The lowest BCUT2D eigenvalue weighted by Gasteiger charge is -2.07. The Morgan fingerprint density at radius 3 is 2.93 bits per heavy atom. The second kappa shape index (κ2) is 4.49. The van der Waals surface area contributed by atoms with Crippen LogP contribution in [0.25, 0.3) is 11.0 Å². The first-order valence-corrected chi connectivity index (χ1v) is 5.45. The molecule has 0 spiro atoms. The van der Waals surface area contributed by atoms with E-state index in [1.165, 1.54) is 10.9 Å². The van der Waals surface area contributed by atoms with Crippen LogP contribution in [0.1, 0.15) is 19.4 Å². The highest BCUT2D eigenvalue weighted by Gasteiger charge is 1.99. The molecule has 80 valence electrons. The third-order valence-corrected chi connectivity index (χ3v) is 2.49. The monoisotopic (exact) mass is 203 g/mol. The summed E-state index contributed by atoms with van der Waals surface area (Å²) in [6.45, 7) is 5.34. The normalized spacial score (nSPS) is 11.4. The van der Waals surface area contributed by atoms with Crippen LogP contribution in [0.2, 0.25) is 0 Å². The molecule has 1 aromatic heterocycles. The van der Waals surface area contributed by atoms with Crippen LogP contribution in [0.4, 0.5) is 0 Å². The molecule has 15 heavy (non-hydrogen) atoms. The molecular formula is C13H17NO. The summed E-state index contributed by atoms with van der Waals surface area (Å²) in [6.07, 6.45) is 2.79. The molecule has 0 unspecified atom stereocenters. The molecule has 2 heteroatoms. The minimum Gasteiger partial charge on any atom is -0.464 e. The molecule has 0 saturated carbocycles. The summed E-state index contributed by atoms with van der Waals surface area (Å²) in [5.74, 6) is 0. The molecule has 0 atom stereocenters. The number of fused-ring (bicyclic) bond motifs is 1. The lowest BCUT2D eigenvalue weighted by molar-refractivity contribution is 0.589. The molecule has 1 N–H and O–H groups in total. The fourth-order valence-corrected chi connectivity index (χ4v) is 1.66. The van der Waals surface area contributed by atoms with E-state index in [0.717, 1.165) is 18.5 Å². The zero-order chi connectivity index (χ0) is 10.7. The molecule has 0 radical (unpaired) electrons. The number of hydrogen-bond acceptors (Lipinski definition) is 2. The highest BCUT2D eigenvalue weighted by atomic mass is 16.3. The van der Waals surface area contributed by atoms with Gasteiger partial charge in [-0.15, -0.1) is 0 Å². The molecule has 2 nitrogen and oxygen atoms in total. The van der Waals surface area contributed by atoms with Gasteiger partial charge in [0.25, 0.3) is 0 Å². The van der Waals surface area contributed by atoms with Gasteiger partial charge >= 0.3 is 0 Å². The lowest BCUT2D eigenvalue weighted by atomic mass is 10.1. The summed E-state index contributed by atoms with van der Waals surface area (Å²) in [5, 5.41) is 4.58. The average molecular weight is 203 g/mol. The van der Waals surface area contributed by atoms with Crippen molar-refractivity contribution in [1.29, 1.82) is 0 Å². The first-order chi connectivity index (χ1) is 7.25. The van der Waals surface area contributed by atoms with Crippen molar-refractivity contribution in [1.82, 2.24) is 5.32 Å². The smallest absolute Gasteiger partial charge is 0.134 e. The maximum atomic E-state index is 5.37. The van der Waals surface area contributed by atoms with Crippen LogP contribution in [-0.4, -0.2) is 12.6 Å². The van der Waals surface area contributed by atoms with Gasteiger partial charge in [-0.3, -0.25) is 0 Å². The maximum Gasteiger partial charge on any atom is 0.134 e. The summed E-state index contributed by atoms with van der Waals surface area (Å²) in [7, 11) is 0. The van der Waals surface area contributed by atoms with Crippen LogP contribution >= 0.6 is 0 Å². The van der Waals surface area contributed by atoms with Gasteiger partial charge in [0.1, 0.15) is 5.58 Å². The highest BCUT2D eigenvalue weighted by molar-refractivity contribution is 5.77. The first-order valence-electron chi connectivity index (χ1n) is 5.45. The van der Waals surface area contributed by atoms with E-state index in [4.69, 9.17) is 4.42 Å². The molecule has 2 rings (SSSR count). The van der Waals surface area contributed by atoms with E-state index in [9.17, 15) is 0 Å². The van der Waals surface area contributed by atoms with E-state index < -0.39 is 0 Å². The zero-order valence-electron chi connectivity index (χ0n) is 9.29. The number of nitrogens with one attached hydrogen (secondary N) is 1. The fraction of sp³-hybridized carbons (Fsp3) is 0.385. The summed E-state index contributed by atoms with van der Waals surface area (Å²) in [4.78, 5) is 0. The maximum absolute atomic E-state index is 5.37. The van der Waals surface area contributed by atoms with Crippen molar-refractivity contribution in [2.45, 2.75) is 26.3 Å². The Bertz CT molecular complexity index is 431. The molecule has 2 aromatic rings. The molecule has 0 bridgehead atoms. The van der Waals surface area contributed by atoms with Crippen LogP contribution in [0, 0.1) is 0 Å². The Hall–Kier alpha value is -1.28. The quantitative estimate of drug-likeness (QED) is 0.826. The molecule has 0 amide bonds. The van der Waals surface area contributed by atoms with Gasteiger partial charge in [0, 0.05) is 11.4 Å². The van der Waals surface area contributed by atoms with Gasteiger partial charge in [-0.05, 0) is 30.7 Å². The van der Waals surface area contributed by atoms with E-state index in [1.807, 2.05) is 6.07 Å². The van der Waals surface area contributed by atoms with Crippen molar-refractivity contribution in [3.05, 3.63) is 36.1 Å². The second-order valence-electron chi connectivity index (χ2n) is 4.15. The standard InChI is InChI=1S/C13H17NO/c1-10(2)14-7-5-11-3-4-12-6-8-15-13(12)9-11/h3-4,6,8-10,14H,5,7H2,1-2H3. The summed E-state index contributed by atoms with van der Waals surface area (Å²) in [6, 6.07) is 8.95. The van der Waals surface area contributed by atoms with Crippen molar-refractivity contribution < 1.29 is 4.42 Å². The van der Waals surface area contributed by atoms with E-state index >= 15 is 0 Å². The fourth-order valence-electron chi connectivity index (χ4n) is 1.66. The molecule has 0 aliphatic heterocycles. The highest BCUT2D eigenvalue weighted by Crippen LogP contribution is 2.16. The number of hydrogen-bond donors (Lipinski definition) is 1. The van der Waals surface area contributed by atoms with E-state index in [-0.39, 0.29) is 0 Å². The first kappa shape index (κ1) is 10.2. The van der Waals surface area contributed by atoms with E-state index in [0.29, 0.717) is 6.04 Å². The SMILES string of the molecule is CC(C)NCCc1ccc2ccoc2c1. The average Bonchev–Trinajstić information content (AvgIpc) is 2.64. The zero-order valence-corrected chi connectivity index (χ0v) is 9.29. The Balaban J connectivity index is 2.02. The summed E-state index contributed by atoms with van der Waals surface area (Å²) in [5.41, 5.74) is 2.31. The lowest BCUT2D eigenvalue weighted by Crippen LogP contribution is -2.24. The Labute approximate surface area is 90.3 Å². The second-order valence-corrected chi connectivity index (χ2v) is 4.15. The van der Waals surface area contributed by atoms with Gasteiger partial charge in [0.15, 0.2) is 0 Å². The van der Waals surface area contributed by atoms with Crippen molar-refractivity contribution in [3.63, 3.8) is 0 Å². The molecule has 1 aromatic carbocycles. The van der Waals surface area contributed by atoms with Crippen LogP contribution < -0.4 is 5.32 Å². The third-order valence-electron chi connectivity index (χ3n) is 2.49. The predicted molar refractivity (Wildman–Crippen MR) is 63.1 cm³/mol. The van der Waals surface area contributed by atoms with Gasteiger partial charge in [-0.1, -0.05) is 26.0 Å². The van der Waals surface area contributed by atoms with Crippen LogP contribution in [0.3, 0.4) is 0 Å². The Kier molecular flexibility index (Phi) is 3.07. The van der Waals surface area contributed by atoms with E-state index in [2.05, 4.69) is 37.4 Å². The van der Waals surface area contributed by atoms with Crippen LogP contribution in [-0.2, 0) is 6.42 Å². The molecule has 0 fully saturated rings. The van der Waals surface area contributed by atoms with Crippen molar-refractivity contribution >= 4 is 11.0 Å². The van der Waals surface area contributed by atoms with Gasteiger partial charge < -0.3 is 9.73 Å². The Morgan fingerprint density at radius 1 is 1.27 bits per heavy atom. The molecule has 0 aliphatic rings. The van der Waals surface area contributed by atoms with Crippen molar-refractivity contribution in [2.24, 2.45) is 0 Å².